The largest absolute Gasteiger partial charge is 0.476 e. The van der Waals surface area contributed by atoms with Crippen LogP contribution in [0.2, 0.25) is 0 Å². The van der Waals surface area contributed by atoms with Crippen molar-refractivity contribution in [1.29, 1.82) is 0 Å². The Balaban J connectivity index is 0.000000913. The number of nitrogens with zero attached hydrogens (tertiary/aromatic N) is 3. The van der Waals surface area contributed by atoms with Crippen LogP contribution in [0.3, 0.4) is 0 Å². The van der Waals surface area contributed by atoms with Crippen molar-refractivity contribution in [3.05, 3.63) is 53.2 Å². The maximum atomic E-state index is 14.7. The van der Waals surface area contributed by atoms with Gasteiger partial charge < -0.3 is 15.2 Å². The number of hydrogen-bond acceptors (Lipinski definition) is 7. The van der Waals surface area contributed by atoms with E-state index in [0.29, 0.717) is 39.9 Å². The molecule has 4 rings (SSSR count). The highest BCUT2D eigenvalue weighted by Gasteiger charge is 2.48. The van der Waals surface area contributed by atoms with Gasteiger partial charge in [0.1, 0.15) is 11.5 Å². The summed E-state index contributed by atoms with van der Waals surface area (Å²) in [5.74, 6) is 0.0817. The van der Waals surface area contributed by atoms with E-state index in [-0.39, 0.29) is 23.5 Å². The minimum absolute atomic E-state index is 0.0892. The van der Waals surface area contributed by atoms with Gasteiger partial charge in [0.15, 0.2) is 11.0 Å². The number of aromatic nitrogens is 2. The molecule has 1 fully saturated rings. The summed E-state index contributed by atoms with van der Waals surface area (Å²) in [6.07, 6.45) is 5.00. The average Bonchev–Trinajstić information content (AvgIpc) is 3.53. The van der Waals surface area contributed by atoms with E-state index in [1.165, 1.54) is 30.6 Å². The first-order valence-corrected chi connectivity index (χ1v) is 11.2. The van der Waals surface area contributed by atoms with Gasteiger partial charge >= 0.3 is 0 Å². The van der Waals surface area contributed by atoms with Gasteiger partial charge in [-0.25, -0.2) is 18.7 Å². The van der Waals surface area contributed by atoms with Gasteiger partial charge in [-0.05, 0) is 42.0 Å². The summed E-state index contributed by atoms with van der Waals surface area (Å²) in [5.41, 5.74) is 6.94. The van der Waals surface area contributed by atoms with Crippen LogP contribution >= 0.6 is 11.8 Å². The number of nitrogens with two attached hydrogens (primary N) is 1. The fourth-order valence-electron chi connectivity index (χ4n) is 3.24. The number of hydrogen-bond donors (Lipinski definition) is 1. The third kappa shape index (κ3) is 6.26. The Morgan fingerprint density at radius 1 is 1.28 bits per heavy atom. The standard InChI is InChI=1S/C21H22F2N4OS.C2H6O/c1-11(2)10-28-19-9-25-17(8-26-19)16(23)6-12-3-4-15(22)13(5-12)20-14-7-18(14)29-21(24)27-20;1-3-2/h3-6,8-9,11,14,18,20H,7,10H2,1-2H3,(H2,24,27);1-2H3/b16-6-;. The molecule has 1 saturated carbocycles. The number of halogens is 2. The molecule has 32 heavy (non-hydrogen) atoms. The molecule has 3 unspecified atom stereocenters. The molecule has 0 saturated heterocycles. The first-order valence-electron chi connectivity index (χ1n) is 10.3. The molecule has 9 heteroatoms. The number of rotatable bonds is 6. The Kier molecular flexibility index (Phi) is 8.20. The quantitative estimate of drug-likeness (QED) is 0.659. The molecule has 0 bridgehead atoms. The number of ether oxygens (including phenoxy) is 2. The number of aliphatic imine (C=N–C) groups is 1. The lowest BCUT2D eigenvalue weighted by molar-refractivity contribution is 0.260. The smallest absolute Gasteiger partial charge is 0.232 e. The summed E-state index contributed by atoms with van der Waals surface area (Å²) in [6, 6.07) is 4.19. The lowest BCUT2D eigenvalue weighted by Gasteiger charge is -2.19. The fraction of sp³-hybridized carbons (Fsp3) is 0.435. The van der Waals surface area contributed by atoms with E-state index in [4.69, 9.17) is 10.5 Å². The first kappa shape index (κ1) is 24.1. The summed E-state index contributed by atoms with van der Waals surface area (Å²) in [6.45, 7) is 4.56. The van der Waals surface area contributed by atoms with E-state index in [0.717, 1.165) is 6.42 Å². The third-order valence-corrected chi connectivity index (χ3v) is 5.98. The summed E-state index contributed by atoms with van der Waals surface area (Å²) in [7, 11) is 3.25. The van der Waals surface area contributed by atoms with E-state index >= 15 is 0 Å². The van der Waals surface area contributed by atoms with E-state index in [1.54, 1.807) is 32.0 Å². The van der Waals surface area contributed by atoms with Gasteiger partial charge in [0.05, 0.1) is 25.0 Å². The monoisotopic (exact) mass is 462 g/mol. The molecule has 1 aliphatic carbocycles. The highest BCUT2D eigenvalue weighted by atomic mass is 32.2. The Bertz CT molecular complexity index is 982. The summed E-state index contributed by atoms with van der Waals surface area (Å²) in [5, 5.41) is 0.884. The minimum Gasteiger partial charge on any atom is -0.476 e. The summed E-state index contributed by atoms with van der Waals surface area (Å²) in [4.78, 5) is 12.6. The predicted molar refractivity (Wildman–Crippen MR) is 125 cm³/mol. The molecular formula is C23H28F2N4O2S. The zero-order valence-electron chi connectivity index (χ0n) is 18.6. The number of fused-ring (bicyclic) bond motifs is 1. The molecule has 6 nitrogen and oxygen atoms in total. The van der Waals surface area contributed by atoms with Crippen LogP contribution in [-0.4, -0.2) is 41.2 Å². The van der Waals surface area contributed by atoms with Gasteiger partial charge in [-0.3, -0.25) is 4.99 Å². The van der Waals surface area contributed by atoms with Crippen LogP contribution in [0.1, 0.15) is 43.1 Å². The number of thioether (sulfide) groups is 1. The first-order chi connectivity index (χ1) is 15.3. The van der Waals surface area contributed by atoms with E-state index < -0.39 is 5.83 Å². The van der Waals surface area contributed by atoms with E-state index in [1.807, 2.05) is 13.8 Å². The molecule has 1 aliphatic heterocycles. The van der Waals surface area contributed by atoms with E-state index in [2.05, 4.69) is 19.7 Å². The van der Waals surface area contributed by atoms with Crippen LogP contribution in [0.5, 0.6) is 5.88 Å². The lowest BCUT2D eigenvalue weighted by atomic mass is 9.99. The van der Waals surface area contributed by atoms with Gasteiger partial charge in [-0.15, -0.1) is 0 Å². The molecule has 0 spiro atoms. The molecule has 172 valence electrons. The van der Waals surface area contributed by atoms with Gasteiger partial charge in [0, 0.05) is 25.0 Å². The van der Waals surface area contributed by atoms with Gasteiger partial charge in [0.25, 0.3) is 0 Å². The van der Waals surface area contributed by atoms with Crippen LogP contribution in [0.15, 0.2) is 35.6 Å². The molecular weight excluding hydrogens is 434 g/mol. The SMILES string of the molecule is CC(C)COc1cnc(/C(F)=C/c2ccc(F)c(C3N=C(N)SC4CC43)c2)cn1.COC. The van der Waals surface area contributed by atoms with E-state index in [9.17, 15) is 8.78 Å². The van der Waals surface area contributed by atoms with Crippen LogP contribution in [0.25, 0.3) is 11.9 Å². The second-order valence-electron chi connectivity index (χ2n) is 8.09. The topological polar surface area (TPSA) is 82.6 Å². The lowest BCUT2D eigenvalue weighted by Crippen LogP contribution is -2.17. The fourth-order valence-corrected chi connectivity index (χ4v) is 4.37. The van der Waals surface area contributed by atoms with Crippen LogP contribution in [0.4, 0.5) is 8.78 Å². The second kappa shape index (κ2) is 10.9. The van der Waals surface area contributed by atoms with Gasteiger partial charge in [0.2, 0.25) is 5.88 Å². The Labute approximate surface area is 191 Å². The summed E-state index contributed by atoms with van der Waals surface area (Å²) >= 11 is 1.55. The maximum Gasteiger partial charge on any atom is 0.232 e. The third-order valence-electron chi connectivity index (χ3n) is 4.79. The molecule has 1 aromatic heterocycles. The highest BCUT2D eigenvalue weighted by Crippen LogP contribution is 2.54. The zero-order valence-corrected chi connectivity index (χ0v) is 19.4. The minimum atomic E-state index is -0.558. The number of benzene rings is 1. The van der Waals surface area contributed by atoms with Crippen LogP contribution in [-0.2, 0) is 4.74 Å². The Morgan fingerprint density at radius 2 is 2.03 bits per heavy atom. The number of methoxy groups -OCH3 is 1. The van der Waals surface area contributed by atoms with Crippen LogP contribution in [0, 0.1) is 17.7 Å². The van der Waals surface area contributed by atoms with Crippen molar-refractivity contribution in [2.24, 2.45) is 22.6 Å². The molecule has 2 N–H and O–H groups in total. The van der Waals surface area contributed by atoms with Crippen molar-refractivity contribution in [3.63, 3.8) is 0 Å². The average molecular weight is 463 g/mol. The van der Waals surface area contributed by atoms with Crippen molar-refractivity contribution in [2.75, 3.05) is 20.8 Å². The second-order valence-corrected chi connectivity index (χ2v) is 9.35. The van der Waals surface area contributed by atoms with Crippen molar-refractivity contribution < 1.29 is 18.3 Å². The maximum absolute atomic E-state index is 14.7. The molecule has 2 aliphatic rings. The normalized spacial score (nSPS) is 21.9. The zero-order chi connectivity index (χ0) is 23.3. The van der Waals surface area contributed by atoms with Crippen molar-refractivity contribution in [2.45, 2.75) is 31.6 Å². The molecule has 2 aromatic rings. The molecule has 3 atom stereocenters. The van der Waals surface area contributed by atoms with Crippen LogP contribution < -0.4 is 10.5 Å². The Morgan fingerprint density at radius 3 is 2.69 bits per heavy atom. The Hall–Kier alpha value is -2.52. The molecule has 2 heterocycles. The van der Waals surface area contributed by atoms with Gasteiger partial charge in [-0.1, -0.05) is 31.7 Å². The van der Waals surface area contributed by atoms with Crippen molar-refractivity contribution >= 4 is 28.8 Å². The molecule has 0 amide bonds. The molecule has 0 radical (unpaired) electrons. The predicted octanol–water partition coefficient (Wildman–Crippen LogP) is 4.87. The van der Waals surface area contributed by atoms with Crippen molar-refractivity contribution in [3.8, 4) is 5.88 Å². The summed E-state index contributed by atoms with van der Waals surface area (Å²) < 4.78 is 38.8. The van der Waals surface area contributed by atoms with Crippen molar-refractivity contribution in [1.82, 2.24) is 9.97 Å². The highest BCUT2D eigenvalue weighted by molar-refractivity contribution is 8.14. The number of amidine groups is 1. The van der Waals surface area contributed by atoms with Gasteiger partial charge in [-0.2, -0.15) is 0 Å². The molecule has 1 aromatic carbocycles.